The Kier molecular flexibility index (Phi) is 4.96. The Balaban J connectivity index is 2.46. The first kappa shape index (κ1) is 17.6. The van der Waals surface area contributed by atoms with Gasteiger partial charge in [0.1, 0.15) is 5.69 Å². The lowest BCUT2D eigenvalue weighted by Crippen LogP contribution is -2.18. The maximum atomic E-state index is 11.8. The summed E-state index contributed by atoms with van der Waals surface area (Å²) in [6.45, 7) is 1.42. The van der Waals surface area contributed by atoms with Crippen molar-refractivity contribution in [1.82, 2.24) is 4.72 Å². The predicted molar refractivity (Wildman–Crippen MR) is 89.1 cm³/mol. The van der Waals surface area contributed by atoms with E-state index in [9.17, 15) is 23.3 Å². The number of nitro benzene ring substituents is 1. The minimum Gasteiger partial charge on any atom is -0.350 e. The summed E-state index contributed by atoms with van der Waals surface area (Å²) < 4.78 is 25.7. The normalized spacial score (nSPS) is 11.1. The van der Waals surface area contributed by atoms with Crippen LogP contribution in [-0.2, 0) is 10.0 Å². The van der Waals surface area contributed by atoms with Crippen molar-refractivity contribution >= 4 is 32.9 Å². The van der Waals surface area contributed by atoms with Gasteiger partial charge >= 0.3 is 0 Å². The van der Waals surface area contributed by atoms with E-state index in [1.165, 1.54) is 26.1 Å². The largest absolute Gasteiger partial charge is 0.350 e. The molecule has 0 heterocycles. The number of anilines is 2. The monoisotopic (exact) mass is 349 g/mol. The van der Waals surface area contributed by atoms with Crippen LogP contribution in [0.3, 0.4) is 0 Å². The van der Waals surface area contributed by atoms with Gasteiger partial charge in [-0.3, -0.25) is 14.9 Å². The molecule has 0 aliphatic carbocycles. The van der Waals surface area contributed by atoms with Crippen LogP contribution in [0.25, 0.3) is 0 Å². The van der Waals surface area contributed by atoms with E-state index in [2.05, 4.69) is 10.0 Å². The summed E-state index contributed by atoms with van der Waals surface area (Å²) in [7, 11) is -2.57. The molecular formula is C15H15N3O5S. The highest BCUT2D eigenvalue weighted by Gasteiger charge is 2.20. The average molecular weight is 349 g/mol. The molecule has 0 fully saturated rings. The Bertz CT molecular complexity index is 909. The van der Waals surface area contributed by atoms with Gasteiger partial charge < -0.3 is 5.32 Å². The zero-order valence-electron chi connectivity index (χ0n) is 12.9. The summed E-state index contributed by atoms with van der Waals surface area (Å²) in [5.74, 6) is -0.136. The van der Waals surface area contributed by atoms with E-state index in [0.29, 0.717) is 11.3 Å². The van der Waals surface area contributed by atoms with Crippen LogP contribution in [-0.4, -0.2) is 26.2 Å². The van der Waals surface area contributed by atoms with Crippen LogP contribution in [0.4, 0.5) is 17.1 Å². The molecule has 126 valence electrons. The highest BCUT2D eigenvalue weighted by atomic mass is 32.2. The lowest BCUT2D eigenvalue weighted by molar-refractivity contribution is -0.384. The topological polar surface area (TPSA) is 118 Å². The van der Waals surface area contributed by atoms with E-state index < -0.39 is 14.9 Å². The van der Waals surface area contributed by atoms with E-state index in [1.807, 2.05) is 0 Å². The minimum absolute atomic E-state index is 0.121. The van der Waals surface area contributed by atoms with E-state index >= 15 is 0 Å². The zero-order chi connectivity index (χ0) is 17.9. The van der Waals surface area contributed by atoms with Crippen molar-refractivity contribution in [3.8, 4) is 0 Å². The molecule has 0 unspecified atom stereocenters. The van der Waals surface area contributed by atoms with Crippen LogP contribution in [0.5, 0.6) is 0 Å². The summed E-state index contributed by atoms with van der Waals surface area (Å²) in [5, 5.41) is 14.1. The highest BCUT2D eigenvalue weighted by Crippen LogP contribution is 2.30. The van der Waals surface area contributed by atoms with Gasteiger partial charge in [0, 0.05) is 17.3 Å². The number of nitrogens with one attached hydrogen (secondary N) is 2. The quantitative estimate of drug-likeness (QED) is 0.470. The lowest BCUT2D eigenvalue weighted by Gasteiger charge is -2.10. The molecule has 8 nitrogen and oxygen atoms in total. The summed E-state index contributed by atoms with van der Waals surface area (Å²) in [4.78, 5) is 21.8. The van der Waals surface area contributed by atoms with Crippen molar-refractivity contribution in [3.05, 3.63) is 58.1 Å². The number of benzene rings is 2. The van der Waals surface area contributed by atoms with E-state index in [-0.39, 0.29) is 22.1 Å². The van der Waals surface area contributed by atoms with Crippen molar-refractivity contribution in [2.24, 2.45) is 0 Å². The van der Waals surface area contributed by atoms with Crippen molar-refractivity contribution in [3.63, 3.8) is 0 Å². The molecule has 2 N–H and O–H groups in total. The minimum atomic E-state index is -3.79. The molecular weight excluding hydrogens is 334 g/mol. The first-order chi connectivity index (χ1) is 11.2. The van der Waals surface area contributed by atoms with Crippen LogP contribution in [0.2, 0.25) is 0 Å². The fraction of sp³-hybridized carbons (Fsp3) is 0.133. The predicted octanol–water partition coefficient (Wildman–Crippen LogP) is 2.45. The number of nitro groups is 1. The number of nitrogens with zero attached hydrogens (tertiary/aromatic N) is 1. The Morgan fingerprint density at radius 2 is 1.88 bits per heavy atom. The molecule has 2 aromatic carbocycles. The smallest absolute Gasteiger partial charge is 0.294 e. The maximum absolute atomic E-state index is 11.8. The van der Waals surface area contributed by atoms with Gasteiger partial charge in [0.15, 0.2) is 5.78 Å². The van der Waals surface area contributed by atoms with Crippen molar-refractivity contribution in [2.75, 3.05) is 12.4 Å². The molecule has 0 spiro atoms. The maximum Gasteiger partial charge on any atom is 0.294 e. The van der Waals surface area contributed by atoms with Crippen LogP contribution >= 0.6 is 0 Å². The van der Waals surface area contributed by atoms with Gasteiger partial charge in [-0.1, -0.05) is 12.1 Å². The number of Topliss-reactive ketones (excluding diaryl/α,β-unsaturated/α-hetero) is 1. The van der Waals surface area contributed by atoms with Crippen LogP contribution in [0.1, 0.15) is 17.3 Å². The number of hydrogen-bond donors (Lipinski definition) is 2. The molecule has 2 rings (SSSR count). The van der Waals surface area contributed by atoms with Crippen LogP contribution < -0.4 is 10.0 Å². The van der Waals surface area contributed by atoms with Gasteiger partial charge in [0.05, 0.1) is 9.82 Å². The number of hydrogen-bond acceptors (Lipinski definition) is 6. The fourth-order valence-corrected chi connectivity index (χ4v) is 2.77. The lowest BCUT2D eigenvalue weighted by atomic mass is 10.1. The molecule has 0 aliphatic heterocycles. The van der Waals surface area contributed by atoms with Gasteiger partial charge in [-0.25, -0.2) is 13.1 Å². The molecule has 24 heavy (non-hydrogen) atoms. The second-order valence-electron chi connectivity index (χ2n) is 4.91. The average Bonchev–Trinajstić information content (AvgIpc) is 2.55. The molecule has 0 aromatic heterocycles. The summed E-state index contributed by atoms with van der Waals surface area (Å²) >= 11 is 0. The molecule has 0 radical (unpaired) electrons. The van der Waals surface area contributed by atoms with Gasteiger partial charge in [-0.2, -0.15) is 0 Å². The van der Waals surface area contributed by atoms with Gasteiger partial charge in [-0.05, 0) is 38.2 Å². The summed E-state index contributed by atoms with van der Waals surface area (Å²) in [6, 6.07) is 10.0. The summed E-state index contributed by atoms with van der Waals surface area (Å²) in [6.07, 6.45) is 0. The third-order valence-corrected chi connectivity index (χ3v) is 4.71. The Labute approximate surface area is 138 Å². The van der Waals surface area contributed by atoms with Crippen molar-refractivity contribution in [1.29, 1.82) is 0 Å². The molecule has 0 aliphatic rings. The number of carbonyl (C=O) groups is 1. The van der Waals surface area contributed by atoms with Gasteiger partial charge in [0.25, 0.3) is 5.69 Å². The third kappa shape index (κ3) is 3.76. The second-order valence-corrected chi connectivity index (χ2v) is 6.79. The van der Waals surface area contributed by atoms with Gasteiger partial charge in [0.2, 0.25) is 10.0 Å². The molecule has 0 saturated carbocycles. The Morgan fingerprint density at radius 1 is 1.17 bits per heavy atom. The van der Waals surface area contributed by atoms with Gasteiger partial charge in [-0.15, -0.1) is 0 Å². The third-order valence-electron chi connectivity index (χ3n) is 3.29. The summed E-state index contributed by atoms with van der Waals surface area (Å²) in [5.41, 5.74) is 0.669. The number of rotatable bonds is 6. The first-order valence-electron chi connectivity index (χ1n) is 6.84. The van der Waals surface area contributed by atoms with Crippen LogP contribution in [0.15, 0.2) is 47.4 Å². The SMILES string of the molecule is CNS(=O)(=O)c1ccc(Nc2cccc(C(C)=O)c2)c([N+](=O)[O-])c1. The second kappa shape index (κ2) is 6.77. The molecule has 9 heteroatoms. The highest BCUT2D eigenvalue weighted by molar-refractivity contribution is 7.89. The van der Waals surface area contributed by atoms with Crippen LogP contribution in [0, 0.1) is 10.1 Å². The van der Waals surface area contributed by atoms with Crippen molar-refractivity contribution in [2.45, 2.75) is 11.8 Å². The Hall–Kier alpha value is -2.78. The Morgan fingerprint density at radius 3 is 2.46 bits per heavy atom. The molecule has 0 bridgehead atoms. The standard InChI is InChI=1S/C15H15N3O5S/c1-10(19)11-4-3-5-12(8-11)17-14-7-6-13(24(22,23)16-2)9-15(14)18(20)21/h3-9,16-17H,1-2H3. The van der Waals surface area contributed by atoms with E-state index in [1.54, 1.807) is 24.3 Å². The number of carbonyl (C=O) groups excluding carboxylic acids is 1. The fourth-order valence-electron chi connectivity index (χ4n) is 2.02. The number of sulfonamides is 1. The zero-order valence-corrected chi connectivity index (χ0v) is 13.8. The van der Waals surface area contributed by atoms with E-state index in [4.69, 9.17) is 0 Å². The first-order valence-corrected chi connectivity index (χ1v) is 8.33. The number of ketones is 1. The van der Waals surface area contributed by atoms with E-state index in [0.717, 1.165) is 6.07 Å². The molecule has 0 amide bonds. The molecule has 0 saturated heterocycles. The van der Waals surface area contributed by atoms with Crippen molar-refractivity contribution < 1.29 is 18.1 Å². The molecule has 0 atom stereocenters. The molecule has 2 aromatic rings.